The number of sulfonamides is 1. The summed E-state index contributed by atoms with van der Waals surface area (Å²) in [5, 5.41) is 6.24. The SMILES string of the molecule is CC(Nc1ccc(NC(=O)C2=CC=CN3CCS(=O)(=O)N=C23)cc1)c1ccccc1. The van der Waals surface area contributed by atoms with Crippen LogP contribution in [-0.4, -0.2) is 37.4 Å². The summed E-state index contributed by atoms with van der Waals surface area (Å²) < 4.78 is 27.5. The second-order valence-electron chi connectivity index (χ2n) is 7.12. The molecule has 154 valence electrons. The summed E-state index contributed by atoms with van der Waals surface area (Å²) in [4.78, 5) is 14.4. The number of rotatable bonds is 5. The highest BCUT2D eigenvalue weighted by molar-refractivity contribution is 7.90. The van der Waals surface area contributed by atoms with Crippen LogP contribution in [0.5, 0.6) is 0 Å². The average Bonchev–Trinajstić information content (AvgIpc) is 2.74. The van der Waals surface area contributed by atoms with E-state index in [0.29, 0.717) is 5.69 Å². The monoisotopic (exact) mass is 422 g/mol. The second-order valence-corrected chi connectivity index (χ2v) is 8.88. The van der Waals surface area contributed by atoms with Crippen molar-refractivity contribution in [3.8, 4) is 0 Å². The lowest BCUT2D eigenvalue weighted by Crippen LogP contribution is -2.40. The van der Waals surface area contributed by atoms with Gasteiger partial charge in [-0.3, -0.25) is 4.79 Å². The first-order valence-corrected chi connectivity index (χ1v) is 11.2. The number of benzene rings is 2. The molecular formula is C22H22N4O3S. The van der Waals surface area contributed by atoms with Gasteiger partial charge in [-0.15, -0.1) is 4.40 Å². The van der Waals surface area contributed by atoms with E-state index in [-0.39, 0.29) is 29.7 Å². The van der Waals surface area contributed by atoms with Gasteiger partial charge in [0.1, 0.15) is 0 Å². The maximum Gasteiger partial charge on any atom is 0.259 e. The van der Waals surface area contributed by atoms with Crippen LogP contribution < -0.4 is 10.6 Å². The van der Waals surface area contributed by atoms with E-state index in [4.69, 9.17) is 0 Å². The molecule has 7 nitrogen and oxygen atoms in total. The molecule has 2 heterocycles. The molecule has 0 aliphatic carbocycles. The third-order valence-electron chi connectivity index (χ3n) is 4.93. The first-order chi connectivity index (χ1) is 14.4. The molecule has 1 amide bonds. The largest absolute Gasteiger partial charge is 0.379 e. The highest BCUT2D eigenvalue weighted by Crippen LogP contribution is 2.22. The van der Waals surface area contributed by atoms with Crippen molar-refractivity contribution in [1.82, 2.24) is 4.90 Å². The molecule has 8 heteroatoms. The molecule has 2 aromatic carbocycles. The maximum absolute atomic E-state index is 12.7. The summed E-state index contributed by atoms with van der Waals surface area (Å²) >= 11 is 0. The summed E-state index contributed by atoms with van der Waals surface area (Å²) in [5.74, 6) is -0.305. The molecule has 30 heavy (non-hydrogen) atoms. The quantitative estimate of drug-likeness (QED) is 0.772. The van der Waals surface area contributed by atoms with Crippen LogP contribution in [-0.2, 0) is 14.8 Å². The molecule has 1 unspecified atom stereocenters. The first-order valence-electron chi connectivity index (χ1n) is 9.62. The van der Waals surface area contributed by atoms with Crippen LogP contribution in [0, 0.1) is 0 Å². The first kappa shape index (κ1) is 19.9. The number of carbonyl (C=O) groups is 1. The topological polar surface area (TPSA) is 90.9 Å². The second kappa shape index (κ2) is 8.16. The molecule has 0 bridgehead atoms. The average molecular weight is 423 g/mol. The van der Waals surface area contributed by atoms with Crippen molar-refractivity contribution in [2.24, 2.45) is 4.40 Å². The third kappa shape index (κ3) is 4.44. The summed E-state index contributed by atoms with van der Waals surface area (Å²) in [6.07, 6.45) is 5.01. The molecule has 0 spiro atoms. The summed E-state index contributed by atoms with van der Waals surface area (Å²) in [5.41, 5.74) is 2.94. The maximum atomic E-state index is 12.7. The molecular weight excluding hydrogens is 400 g/mol. The lowest BCUT2D eigenvalue weighted by atomic mass is 10.1. The number of nitrogens with one attached hydrogen (secondary N) is 2. The van der Waals surface area contributed by atoms with Crippen molar-refractivity contribution in [3.63, 3.8) is 0 Å². The molecule has 2 aliphatic rings. The fourth-order valence-corrected chi connectivity index (χ4v) is 4.30. The summed E-state index contributed by atoms with van der Waals surface area (Å²) in [7, 11) is -3.55. The zero-order valence-corrected chi connectivity index (χ0v) is 17.3. The van der Waals surface area contributed by atoms with Gasteiger partial charge in [0.05, 0.1) is 11.3 Å². The molecule has 1 atom stereocenters. The molecule has 0 saturated heterocycles. The van der Waals surface area contributed by atoms with Gasteiger partial charge in [0.15, 0.2) is 5.84 Å². The van der Waals surface area contributed by atoms with Gasteiger partial charge in [-0.2, -0.15) is 0 Å². The third-order valence-corrected chi connectivity index (χ3v) is 6.08. The van der Waals surface area contributed by atoms with E-state index in [1.54, 1.807) is 35.4 Å². The van der Waals surface area contributed by atoms with E-state index < -0.39 is 15.9 Å². The zero-order valence-electron chi connectivity index (χ0n) is 16.4. The van der Waals surface area contributed by atoms with Gasteiger partial charge >= 0.3 is 0 Å². The van der Waals surface area contributed by atoms with Gasteiger partial charge in [0.2, 0.25) is 0 Å². The van der Waals surface area contributed by atoms with Crippen molar-refractivity contribution in [2.45, 2.75) is 13.0 Å². The fourth-order valence-electron chi connectivity index (χ4n) is 3.32. The minimum absolute atomic E-state index is 0.0639. The molecule has 4 rings (SSSR count). The Labute approximate surface area is 175 Å². The van der Waals surface area contributed by atoms with Crippen LogP contribution in [0.2, 0.25) is 0 Å². The highest BCUT2D eigenvalue weighted by atomic mass is 32.2. The van der Waals surface area contributed by atoms with Crippen LogP contribution in [0.1, 0.15) is 18.5 Å². The van der Waals surface area contributed by atoms with E-state index in [2.05, 4.69) is 34.1 Å². The molecule has 0 saturated carbocycles. The van der Waals surface area contributed by atoms with E-state index in [1.165, 1.54) is 5.56 Å². The fraction of sp³-hybridized carbons (Fsp3) is 0.182. The number of hydrogen-bond donors (Lipinski definition) is 2. The van der Waals surface area contributed by atoms with Gasteiger partial charge < -0.3 is 15.5 Å². The number of anilines is 2. The van der Waals surface area contributed by atoms with E-state index in [0.717, 1.165) is 5.69 Å². The van der Waals surface area contributed by atoms with Gasteiger partial charge in [0, 0.05) is 30.2 Å². The number of amidine groups is 1. The molecule has 2 aliphatic heterocycles. The molecule has 2 aromatic rings. The smallest absolute Gasteiger partial charge is 0.259 e. The Morgan fingerprint density at radius 2 is 1.77 bits per heavy atom. The molecule has 0 fully saturated rings. The number of hydrogen-bond acceptors (Lipinski definition) is 5. The number of fused-ring (bicyclic) bond motifs is 1. The Kier molecular flexibility index (Phi) is 5.41. The molecule has 2 N–H and O–H groups in total. The van der Waals surface area contributed by atoms with Crippen molar-refractivity contribution >= 4 is 33.1 Å². The number of amides is 1. The molecule has 0 radical (unpaired) electrons. The summed E-state index contributed by atoms with van der Waals surface area (Å²) in [6.45, 7) is 2.36. The van der Waals surface area contributed by atoms with Crippen molar-refractivity contribution in [1.29, 1.82) is 0 Å². The number of nitrogens with zero attached hydrogens (tertiary/aromatic N) is 2. The lowest BCUT2D eigenvalue weighted by Gasteiger charge is -2.28. The van der Waals surface area contributed by atoms with Gasteiger partial charge in [0.25, 0.3) is 15.9 Å². The van der Waals surface area contributed by atoms with Gasteiger partial charge in [-0.05, 0) is 48.9 Å². The van der Waals surface area contributed by atoms with Gasteiger partial charge in [-0.25, -0.2) is 8.42 Å². The van der Waals surface area contributed by atoms with Crippen molar-refractivity contribution < 1.29 is 13.2 Å². The predicted molar refractivity (Wildman–Crippen MR) is 119 cm³/mol. The normalized spacial score (nSPS) is 18.0. The highest BCUT2D eigenvalue weighted by Gasteiger charge is 2.29. The standard InChI is InChI=1S/C22H22N4O3S/c1-16(17-6-3-2-4-7-17)23-18-9-11-19(12-10-18)24-22(27)20-8-5-13-26-14-15-30(28,29)25-21(20)26/h2-13,16,23H,14-15H2,1H3,(H,24,27). The Morgan fingerprint density at radius 3 is 2.50 bits per heavy atom. The van der Waals surface area contributed by atoms with E-state index >= 15 is 0 Å². The number of carbonyl (C=O) groups excluding carboxylic acids is 1. The zero-order chi connectivity index (χ0) is 21.1. The Bertz CT molecular complexity index is 1140. The summed E-state index contributed by atoms with van der Waals surface area (Å²) in [6, 6.07) is 17.6. The van der Waals surface area contributed by atoms with Crippen molar-refractivity contribution in [3.05, 3.63) is 84.1 Å². The minimum atomic E-state index is -3.55. The van der Waals surface area contributed by atoms with Crippen LogP contribution in [0.25, 0.3) is 0 Å². The molecule has 0 aromatic heterocycles. The Hall–Kier alpha value is -3.39. The van der Waals surface area contributed by atoms with E-state index in [1.807, 2.05) is 30.3 Å². The van der Waals surface area contributed by atoms with Gasteiger partial charge in [-0.1, -0.05) is 30.3 Å². The van der Waals surface area contributed by atoms with E-state index in [9.17, 15) is 13.2 Å². The Balaban J connectivity index is 1.44. The Morgan fingerprint density at radius 1 is 1.07 bits per heavy atom. The van der Waals surface area contributed by atoms with Crippen LogP contribution in [0.4, 0.5) is 11.4 Å². The minimum Gasteiger partial charge on any atom is -0.379 e. The lowest BCUT2D eigenvalue weighted by molar-refractivity contribution is -0.112. The van der Waals surface area contributed by atoms with Crippen LogP contribution in [0.3, 0.4) is 0 Å². The van der Waals surface area contributed by atoms with Crippen LogP contribution >= 0.6 is 0 Å². The van der Waals surface area contributed by atoms with Crippen LogP contribution in [0.15, 0.2) is 82.9 Å². The van der Waals surface area contributed by atoms with Crippen molar-refractivity contribution in [2.75, 3.05) is 22.9 Å². The predicted octanol–water partition coefficient (Wildman–Crippen LogP) is 3.30. The number of allylic oxidation sites excluding steroid dienone is 2.